The molecule has 1 atom stereocenters. The highest BCUT2D eigenvalue weighted by molar-refractivity contribution is 7.85. The first-order valence-corrected chi connectivity index (χ1v) is 11.0. The summed E-state index contributed by atoms with van der Waals surface area (Å²) < 4.78 is 45.2. The first-order chi connectivity index (χ1) is 15.5. The Hall–Kier alpha value is -3.66. The van der Waals surface area contributed by atoms with Gasteiger partial charge < -0.3 is 14.0 Å². The predicted octanol–water partition coefficient (Wildman–Crippen LogP) is 3.41. The molecule has 0 aliphatic carbocycles. The minimum absolute atomic E-state index is 0.356. The predicted molar refractivity (Wildman–Crippen MR) is 120 cm³/mol. The average molecular weight is 453 g/mol. The number of ether oxygens (including phenoxy) is 2. The number of hydrazine groups is 1. The summed E-state index contributed by atoms with van der Waals surface area (Å²) in [5, 5.41) is 1.79. The van der Waals surface area contributed by atoms with Gasteiger partial charge in [-0.25, -0.2) is 18.6 Å². The van der Waals surface area contributed by atoms with Crippen LogP contribution in [0.5, 0.6) is 5.75 Å². The van der Waals surface area contributed by atoms with Crippen molar-refractivity contribution in [2.75, 3.05) is 24.7 Å². The Morgan fingerprint density at radius 3 is 2.75 bits per heavy atom. The zero-order chi connectivity index (χ0) is 22.2. The van der Waals surface area contributed by atoms with E-state index in [0.29, 0.717) is 36.2 Å². The topological polar surface area (TPSA) is 72.2 Å². The lowest BCUT2D eigenvalue weighted by molar-refractivity contribution is 0.177. The number of hydrogen-bond acceptors (Lipinski definition) is 5. The largest absolute Gasteiger partial charge is 0.495 e. The van der Waals surface area contributed by atoms with Gasteiger partial charge in [0, 0.05) is 6.20 Å². The summed E-state index contributed by atoms with van der Waals surface area (Å²) in [5.74, 6) is 1.29. The molecule has 10 heteroatoms. The van der Waals surface area contributed by atoms with Crippen LogP contribution in [0.4, 0.5) is 10.1 Å². The minimum Gasteiger partial charge on any atom is -0.495 e. The molecule has 0 N–H and O–H groups in total. The minimum atomic E-state index is -1.68. The van der Waals surface area contributed by atoms with Crippen molar-refractivity contribution in [1.29, 1.82) is 0 Å². The molecule has 3 aromatic rings. The fraction of sp³-hybridized carbons (Fsp3) is 0.182. The molecule has 1 unspecified atom stereocenters. The number of imidazole rings is 1. The molecular weight excluding hydrogens is 433 g/mol. The number of anilines is 1. The van der Waals surface area contributed by atoms with Crippen LogP contribution in [0.1, 0.15) is 11.3 Å². The molecule has 1 fully saturated rings. The lowest BCUT2D eigenvalue weighted by Gasteiger charge is -2.33. The van der Waals surface area contributed by atoms with Crippen LogP contribution < -0.4 is 9.15 Å². The van der Waals surface area contributed by atoms with E-state index in [4.69, 9.17) is 9.47 Å². The maximum atomic E-state index is 13.3. The number of methoxy groups -OCH3 is 1. The molecule has 5 rings (SSSR count). The average Bonchev–Trinajstić information content (AvgIpc) is 3.37. The molecule has 0 bridgehead atoms. The third kappa shape index (κ3) is 3.62. The van der Waals surface area contributed by atoms with Gasteiger partial charge in [-0.15, -0.1) is 4.40 Å². The second kappa shape index (κ2) is 8.12. The van der Waals surface area contributed by atoms with Crippen molar-refractivity contribution in [2.24, 2.45) is 4.40 Å². The van der Waals surface area contributed by atoms with Crippen LogP contribution in [0, 0.1) is 12.7 Å². The number of aromatic nitrogens is 2. The Bertz CT molecular complexity index is 1250. The van der Waals surface area contributed by atoms with Gasteiger partial charge in [0.1, 0.15) is 18.2 Å². The SMILES string of the molecule is COc1cc(/C=C2\OCCN3C2=NS(=O)N3c2ccc(F)cc2)ccc1-n1cnc(C)c1. The first kappa shape index (κ1) is 20.3. The van der Waals surface area contributed by atoms with Crippen LogP contribution in [0.25, 0.3) is 11.8 Å². The molecule has 2 aliphatic heterocycles. The standard InChI is InChI=1S/C22H20FN5O3S/c1-15-13-26(14-24-15)19-8-3-16(11-20(19)30-2)12-21-22-25-32(29)28(27(22)9-10-31-21)18-6-4-17(23)5-7-18/h3-8,11-14H,9-10H2,1-2H3/b21-12-. The third-order valence-electron chi connectivity index (χ3n) is 5.10. The van der Waals surface area contributed by atoms with E-state index in [1.165, 1.54) is 16.5 Å². The van der Waals surface area contributed by atoms with E-state index < -0.39 is 11.2 Å². The maximum absolute atomic E-state index is 13.3. The molecule has 0 amide bonds. The van der Waals surface area contributed by atoms with Crippen molar-refractivity contribution >= 4 is 28.8 Å². The Balaban J connectivity index is 1.46. The zero-order valence-corrected chi connectivity index (χ0v) is 18.3. The van der Waals surface area contributed by atoms with E-state index in [0.717, 1.165) is 16.9 Å². The van der Waals surface area contributed by atoms with Gasteiger partial charge in [0.25, 0.3) is 11.2 Å². The summed E-state index contributed by atoms with van der Waals surface area (Å²) in [6.45, 7) is 2.79. The summed E-state index contributed by atoms with van der Waals surface area (Å²) in [6, 6.07) is 11.6. The fourth-order valence-electron chi connectivity index (χ4n) is 3.61. The fourth-order valence-corrected chi connectivity index (χ4v) is 4.65. The van der Waals surface area contributed by atoms with Crippen LogP contribution in [0.3, 0.4) is 0 Å². The van der Waals surface area contributed by atoms with E-state index in [-0.39, 0.29) is 5.82 Å². The molecule has 3 heterocycles. The van der Waals surface area contributed by atoms with Gasteiger partial charge in [-0.2, -0.15) is 4.41 Å². The quantitative estimate of drug-likeness (QED) is 0.605. The Morgan fingerprint density at radius 1 is 1.22 bits per heavy atom. The number of aryl methyl sites for hydroxylation is 1. The monoisotopic (exact) mass is 453 g/mol. The number of amidine groups is 1. The maximum Gasteiger partial charge on any atom is 0.267 e. The van der Waals surface area contributed by atoms with Gasteiger partial charge in [-0.1, -0.05) is 6.07 Å². The number of benzene rings is 2. The van der Waals surface area contributed by atoms with Crippen molar-refractivity contribution in [1.82, 2.24) is 14.6 Å². The van der Waals surface area contributed by atoms with Gasteiger partial charge in [0.15, 0.2) is 5.76 Å². The number of fused-ring (bicyclic) bond motifs is 1. The smallest absolute Gasteiger partial charge is 0.267 e. The second-order valence-electron chi connectivity index (χ2n) is 7.23. The highest BCUT2D eigenvalue weighted by Crippen LogP contribution is 2.31. The van der Waals surface area contributed by atoms with Crippen molar-refractivity contribution in [3.63, 3.8) is 0 Å². The van der Waals surface area contributed by atoms with Crippen molar-refractivity contribution in [3.8, 4) is 11.4 Å². The molecule has 164 valence electrons. The number of morpholine rings is 1. The Kier molecular flexibility index (Phi) is 5.14. The van der Waals surface area contributed by atoms with Crippen LogP contribution in [-0.4, -0.2) is 44.9 Å². The molecule has 32 heavy (non-hydrogen) atoms. The summed E-state index contributed by atoms with van der Waals surface area (Å²) >= 11 is -1.68. The van der Waals surface area contributed by atoms with Gasteiger partial charge in [-0.3, -0.25) is 0 Å². The molecule has 0 radical (unpaired) electrons. The molecule has 2 aliphatic rings. The van der Waals surface area contributed by atoms with Gasteiger partial charge in [0.05, 0.1) is 37.1 Å². The lowest BCUT2D eigenvalue weighted by atomic mass is 10.1. The van der Waals surface area contributed by atoms with Crippen LogP contribution >= 0.6 is 0 Å². The molecular formula is C22H20FN5O3S. The summed E-state index contributed by atoms with van der Waals surface area (Å²) in [5.41, 5.74) is 3.20. The van der Waals surface area contributed by atoms with E-state index in [2.05, 4.69) is 9.38 Å². The van der Waals surface area contributed by atoms with E-state index in [1.807, 2.05) is 42.0 Å². The number of rotatable bonds is 4. The second-order valence-corrected chi connectivity index (χ2v) is 8.22. The number of halogens is 1. The van der Waals surface area contributed by atoms with E-state index in [1.54, 1.807) is 30.6 Å². The zero-order valence-electron chi connectivity index (χ0n) is 17.4. The third-order valence-corrected chi connectivity index (χ3v) is 6.13. The van der Waals surface area contributed by atoms with Crippen LogP contribution in [0.2, 0.25) is 0 Å². The molecule has 0 spiro atoms. The molecule has 0 saturated carbocycles. The first-order valence-electron chi connectivity index (χ1n) is 9.91. The van der Waals surface area contributed by atoms with Crippen LogP contribution in [-0.2, 0) is 15.9 Å². The molecule has 1 saturated heterocycles. The Labute approximate surface area is 186 Å². The Morgan fingerprint density at radius 2 is 2.03 bits per heavy atom. The van der Waals surface area contributed by atoms with Gasteiger partial charge in [-0.05, 0) is 55.0 Å². The lowest BCUT2D eigenvalue weighted by Crippen LogP contribution is -2.47. The van der Waals surface area contributed by atoms with Gasteiger partial charge in [0.2, 0.25) is 5.84 Å². The van der Waals surface area contributed by atoms with E-state index >= 15 is 0 Å². The van der Waals surface area contributed by atoms with Crippen LogP contribution in [0.15, 0.2) is 65.1 Å². The molecule has 1 aromatic heterocycles. The molecule has 2 aromatic carbocycles. The van der Waals surface area contributed by atoms with Crippen molar-refractivity contribution in [3.05, 3.63) is 77.8 Å². The van der Waals surface area contributed by atoms with Gasteiger partial charge >= 0.3 is 0 Å². The molecule has 8 nitrogen and oxygen atoms in total. The highest BCUT2D eigenvalue weighted by Gasteiger charge is 2.37. The van der Waals surface area contributed by atoms with Crippen molar-refractivity contribution in [2.45, 2.75) is 6.92 Å². The number of hydrogen-bond donors (Lipinski definition) is 0. The summed E-state index contributed by atoms with van der Waals surface area (Å²) in [6.07, 6.45) is 5.49. The van der Waals surface area contributed by atoms with Crippen molar-refractivity contribution < 1.29 is 18.1 Å². The normalized spacial score (nSPS) is 19.0. The summed E-state index contributed by atoms with van der Waals surface area (Å²) in [7, 11) is 1.61. The highest BCUT2D eigenvalue weighted by atomic mass is 32.2. The number of nitrogens with zero attached hydrogens (tertiary/aromatic N) is 5. The van der Waals surface area contributed by atoms with E-state index in [9.17, 15) is 8.60 Å². The summed E-state index contributed by atoms with van der Waals surface area (Å²) in [4.78, 5) is 4.26.